The molecular weight excluding hydrogens is 476 g/mol. The van der Waals surface area contributed by atoms with E-state index in [1.165, 1.54) is 0 Å². The van der Waals surface area contributed by atoms with E-state index in [-0.39, 0.29) is 11.5 Å². The van der Waals surface area contributed by atoms with Gasteiger partial charge in [0.1, 0.15) is 5.52 Å². The normalized spacial score (nSPS) is 14.3. The van der Waals surface area contributed by atoms with Gasteiger partial charge in [0.15, 0.2) is 0 Å². The van der Waals surface area contributed by atoms with E-state index >= 15 is 0 Å². The largest absolute Gasteiger partial charge is 0.478 e. The molecule has 6 rings (SSSR count). The summed E-state index contributed by atoms with van der Waals surface area (Å²) in [7, 11) is 1.87. The van der Waals surface area contributed by atoms with Crippen LogP contribution in [0.1, 0.15) is 44.7 Å². The Hall–Kier alpha value is -4.10. The van der Waals surface area contributed by atoms with Crippen LogP contribution in [-0.4, -0.2) is 31.3 Å². The minimum Gasteiger partial charge on any atom is -0.478 e. The second kappa shape index (κ2) is 8.24. The van der Waals surface area contributed by atoms with Gasteiger partial charge in [-0.3, -0.25) is 9.48 Å². The van der Waals surface area contributed by atoms with E-state index in [0.717, 1.165) is 45.8 Å². The van der Waals surface area contributed by atoms with Gasteiger partial charge in [-0.1, -0.05) is 35.9 Å². The fourth-order valence-corrected chi connectivity index (χ4v) is 5.05. The maximum absolute atomic E-state index is 13.8. The third-order valence-corrected chi connectivity index (χ3v) is 7.18. The molecule has 8 heteroatoms. The smallest absolute Gasteiger partial charge is 0.335 e. The van der Waals surface area contributed by atoms with Crippen LogP contribution in [0.5, 0.6) is 0 Å². The highest BCUT2D eigenvalue weighted by Crippen LogP contribution is 2.46. The molecule has 1 saturated carbocycles. The third-order valence-electron chi connectivity index (χ3n) is 6.93. The number of amides is 1. The van der Waals surface area contributed by atoms with Gasteiger partial charge in [0.25, 0.3) is 5.91 Å². The third kappa shape index (κ3) is 3.82. The van der Waals surface area contributed by atoms with Crippen LogP contribution in [0.4, 0.5) is 0 Å². The Balaban J connectivity index is 1.41. The molecule has 36 heavy (non-hydrogen) atoms. The van der Waals surface area contributed by atoms with Gasteiger partial charge >= 0.3 is 5.97 Å². The van der Waals surface area contributed by atoms with E-state index in [2.05, 4.69) is 15.0 Å². The lowest BCUT2D eigenvalue weighted by molar-refractivity contribution is 0.0696. The van der Waals surface area contributed by atoms with Crippen molar-refractivity contribution in [2.24, 2.45) is 7.05 Å². The highest BCUT2D eigenvalue weighted by atomic mass is 35.5. The Labute approximate surface area is 211 Å². The van der Waals surface area contributed by atoms with E-state index in [4.69, 9.17) is 11.6 Å². The highest BCUT2D eigenvalue weighted by Gasteiger charge is 2.46. The summed E-state index contributed by atoms with van der Waals surface area (Å²) in [5.74, 6) is -1.13. The standard InChI is InChI=1S/C28H23ClN4O3/c1-32-16-19-14-23(26(34)30-28(11-12-28)20-6-4-18(5-7-20)27(35)36)25-22(24(19)31-32)10-13-33(25)15-17-2-8-21(29)9-3-17/h2-10,13-14,16H,11-12,15H2,1H3,(H,30,34)(H,35,36). The van der Waals surface area contributed by atoms with Crippen molar-refractivity contribution in [3.05, 3.63) is 100 Å². The Bertz CT molecular complexity index is 1640. The predicted molar refractivity (Wildman–Crippen MR) is 139 cm³/mol. The van der Waals surface area contributed by atoms with E-state index in [1.54, 1.807) is 28.9 Å². The first kappa shape index (κ1) is 22.4. The summed E-state index contributed by atoms with van der Waals surface area (Å²) >= 11 is 6.07. The summed E-state index contributed by atoms with van der Waals surface area (Å²) in [4.78, 5) is 25.0. The van der Waals surface area contributed by atoms with Crippen molar-refractivity contribution < 1.29 is 14.7 Å². The number of halogens is 1. The van der Waals surface area contributed by atoms with Crippen molar-refractivity contribution in [3.63, 3.8) is 0 Å². The van der Waals surface area contributed by atoms with E-state index in [1.807, 2.05) is 55.8 Å². The van der Waals surface area contributed by atoms with Crippen LogP contribution in [0.25, 0.3) is 21.8 Å². The van der Waals surface area contributed by atoms with Crippen LogP contribution in [-0.2, 0) is 19.1 Å². The number of carbonyl (C=O) groups excluding carboxylic acids is 1. The summed E-state index contributed by atoms with van der Waals surface area (Å²) in [6.45, 7) is 0.584. The number of aryl methyl sites for hydroxylation is 1. The molecule has 1 fully saturated rings. The van der Waals surface area contributed by atoms with Crippen LogP contribution in [0.3, 0.4) is 0 Å². The monoisotopic (exact) mass is 498 g/mol. The second-order valence-corrected chi connectivity index (χ2v) is 9.85. The number of aromatic nitrogens is 3. The molecule has 180 valence electrons. The first-order valence-electron chi connectivity index (χ1n) is 11.7. The number of fused-ring (bicyclic) bond motifs is 3. The number of nitrogens with one attached hydrogen (secondary N) is 1. The van der Waals surface area contributed by atoms with Crippen molar-refractivity contribution in [2.75, 3.05) is 0 Å². The topological polar surface area (TPSA) is 89.1 Å². The van der Waals surface area contributed by atoms with Gasteiger partial charge in [0.2, 0.25) is 0 Å². The van der Waals surface area contributed by atoms with Gasteiger partial charge in [-0.25, -0.2) is 4.79 Å². The fraction of sp³-hybridized carbons (Fsp3) is 0.179. The van der Waals surface area contributed by atoms with Gasteiger partial charge in [-0.2, -0.15) is 5.10 Å². The van der Waals surface area contributed by atoms with Gasteiger partial charge in [-0.15, -0.1) is 0 Å². The van der Waals surface area contributed by atoms with Gasteiger partial charge in [-0.05, 0) is 60.4 Å². The highest BCUT2D eigenvalue weighted by molar-refractivity contribution is 6.30. The van der Waals surface area contributed by atoms with Crippen molar-refractivity contribution in [1.82, 2.24) is 19.7 Å². The fourth-order valence-electron chi connectivity index (χ4n) is 4.93. The summed E-state index contributed by atoms with van der Waals surface area (Å²) in [5, 5.41) is 19.6. The molecule has 0 spiro atoms. The molecule has 0 saturated heterocycles. The van der Waals surface area contributed by atoms with Crippen LogP contribution < -0.4 is 5.32 Å². The molecule has 2 N–H and O–H groups in total. The molecule has 7 nitrogen and oxygen atoms in total. The minimum absolute atomic E-state index is 0.165. The Morgan fingerprint density at radius 3 is 2.47 bits per heavy atom. The molecule has 3 aromatic carbocycles. The molecule has 0 aliphatic heterocycles. The van der Waals surface area contributed by atoms with E-state index in [9.17, 15) is 14.7 Å². The maximum Gasteiger partial charge on any atom is 0.335 e. The van der Waals surface area contributed by atoms with Crippen molar-refractivity contribution in [3.8, 4) is 0 Å². The van der Waals surface area contributed by atoms with E-state index < -0.39 is 11.5 Å². The van der Waals surface area contributed by atoms with Crippen LogP contribution >= 0.6 is 11.6 Å². The Kier molecular flexibility index (Phi) is 5.12. The maximum atomic E-state index is 13.8. The second-order valence-electron chi connectivity index (χ2n) is 9.42. The molecule has 2 heterocycles. The predicted octanol–water partition coefficient (Wildman–Crippen LogP) is 5.35. The summed E-state index contributed by atoms with van der Waals surface area (Å²) in [5.41, 5.74) is 3.98. The number of nitrogens with zero attached hydrogens (tertiary/aromatic N) is 3. The summed E-state index contributed by atoms with van der Waals surface area (Å²) in [6.07, 6.45) is 5.51. The number of aromatic carboxylic acids is 1. The molecule has 0 bridgehead atoms. The molecule has 5 aromatic rings. The number of hydrogen-bond donors (Lipinski definition) is 2. The zero-order chi connectivity index (χ0) is 25.0. The number of benzene rings is 3. The van der Waals surface area contributed by atoms with Crippen LogP contribution in [0, 0.1) is 0 Å². The number of carboxylic acid groups (broad SMARTS) is 1. The number of carboxylic acids is 1. The Morgan fingerprint density at radius 1 is 1.08 bits per heavy atom. The Morgan fingerprint density at radius 2 is 1.81 bits per heavy atom. The zero-order valence-corrected chi connectivity index (χ0v) is 20.3. The molecule has 0 radical (unpaired) electrons. The lowest BCUT2D eigenvalue weighted by atomic mass is 10.0. The summed E-state index contributed by atoms with van der Waals surface area (Å²) < 4.78 is 3.83. The molecule has 1 aliphatic rings. The number of carbonyl (C=O) groups is 2. The minimum atomic E-state index is -0.968. The van der Waals surface area contributed by atoms with Crippen LogP contribution in [0.15, 0.2) is 73.1 Å². The lowest BCUT2D eigenvalue weighted by Crippen LogP contribution is -2.35. The van der Waals surface area contributed by atoms with Gasteiger partial charge in [0, 0.05) is 41.8 Å². The lowest BCUT2D eigenvalue weighted by Gasteiger charge is -2.19. The molecule has 2 aromatic heterocycles. The van der Waals surface area contributed by atoms with Crippen molar-refractivity contribution in [1.29, 1.82) is 0 Å². The average Bonchev–Trinajstić information content (AvgIpc) is 3.36. The van der Waals surface area contributed by atoms with Crippen LogP contribution in [0.2, 0.25) is 5.02 Å². The van der Waals surface area contributed by atoms with E-state index in [0.29, 0.717) is 17.1 Å². The SMILES string of the molecule is Cn1cc2cc(C(=O)NC3(c4ccc(C(=O)O)cc4)CC3)c3c(ccn3Cc3ccc(Cl)cc3)c2n1. The molecule has 1 amide bonds. The quantitative estimate of drug-likeness (QED) is 0.330. The molecule has 0 atom stereocenters. The summed E-state index contributed by atoms with van der Waals surface area (Å²) in [6, 6.07) is 18.3. The number of rotatable bonds is 6. The molecule has 0 unspecified atom stereocenters. The average molecular weight is 499 g/mol. The molecular formula is C28H23ClN4O3. The first-order chi connectivity index (χ1) is 17.3. The first-order valence-corrected chi connectivity index (χ1v) is 12.1. The van der Waals surface area contributed by atoms with Gasteiger partial charge < -0.3 is 15.0 Å². The van der Waals surface area contributed by atoms with Crippen molar-refractivity contribution in [2.45, 2.75) is 24.9 Å². The zero-order valence-electron chi connectivity index (χ0n) is 19.5. The molecule has 1 aliphatic carbocycles. The number of hydrogen-bond acceptors (Lipinski definition) is 3. The van der Waals surface area contributed by atoms with Gasteiger partial charge in [0.05, 0.1) is 22.2 Å². The van der Waals surface area contributed by atoms with Crippen molar-refractivity contribution >= 4 is 45.3 Å².